The van der Waals surface area contributed by atoms with Crippen molar-refractivity contribution in [1.29, 1.82) is 0 Å². The molecule has 0 aromatic carbocycles. The number of quaternary nitrogens is 1. The van der Waals surface area contributed by atoms with E-state index in [0.717, 1.165) is 13.1 Å². The zero-order chi connectivity index (χ0) is 33.5. The number of hydrogen-bond donors (Lipinski definition) is 8. The average Bonchev–Trinajstić information content (AvgIpc) is 3.01. The van der Waals surface area contributed by atoms with Crippen LogP contribution in [-0.2, 0) is 37.9 Å². The van der Waals surface area contributed by atoms with Crippen LogP contribution in [0.2, 0.25) is 0 Å². The van der Waals surface area contributed by atoms with Gasteiger partial charge in [0.1, 0.15) is 73.2 Å². The van der Waals surface area contributed by atoms with Gasteiger partial charge in [-0.15, -0.1) is 0 Å². The first-order chi connectivity index (χ1) is 21.3. The van der Waals surface area contributed by atoms with Gasteiger partial charge in [0.15, 0.2) is 18.9 Å². The number of nitrogens with zero attached hydrogens (tertiary/aromatic N) is 1. The molecule has 0 amide bonds. The minimum atomic E-state index is -1.82. The van der Waals surface area contributed by atoms with Crippen molar-refractivity contribution in [1.82, 2.24) is 0 Å². The van der Waals surface area contributed by atoms with E-state index in [1.807, 2.05) is 20.2 Å². The molecule has 17 nitrogen and oxygen atoms in total. The molecule has 15 atom stereocenters. The highest BCUT2D eigenvalue weighted by Crippen LogP contribution is 2.33. The number of rotatable bonds is 16. The van der Waals surface area contributed by atoms with E-state index in [1.54, 1.807) is 0 Å². The van der Waals surface area contributed by atoms with Gasteiger partial charge in [0.05, 0.1) is 53.6 Å². The van der Waals surface area contributed by atoms with Crippen LogP contribution in [0.5, 0.6) is 0 Å². The van der Waals surface area contributed by atoms with Crippen LogP contribution in [0, 0.1) is 0 Å². The van der Waals surface area contributed by atoms with E-state index in [0.29, 0.717) is 10.9 Å². The first-order valence-electron chi connectivity index (χ1n) is 15.0. The molecule has 3 fully saturated rings. The van der Waals surface area contributed by atoms with Crippen LogP contribution in [0.3, 0.4) is 0 Å². The number of likely N-dealkylation sites (N-methyl/N-ethyl adjacent to an activating group) is 1. The number of hydrogen-bond acceptors (Lipinski definition) is 16. The Kier molecular flexibility index (Phi) is 14.9. The van der Waals surface area contributed by atoms with Gasteiger partial charge in [0.25, 0.3) is 0 Å². The summed E-state index contributed by atoms with van der Waals surface area (Å²) in [5.41, 5.74) is 0. The van der Waals surface area contributed by atoms with E-state index < -0.39 is 105 Å². The molecule has 45 heavy (non-hydrogen) atoms. The van der Waals surface area contributed by atoms with Crippen LogP contribution in [-0.4, -0.2) is 205 Å². The van der Waals surface area contributed by atoms with Crippen LogP contribution in [0.15, 0.2) is 12.7 Å². The topological polar surface area (TPSA) is 236 Å². The van der Waals surface area contributed by atoms with Gasteiger partial charge >= 0.3 is 0 Å². The molecule has 15 unspecified atom stereocenters. The fourth-order valence-corrected chi connectivity index (χ4v) is 5.74. The van der Waals surface area contributed by atoms with Gasteiger partial charge in [-0.2, -0.15) is 0 Å². The van der Waals surface area contributed by atoms with E-state index in [2.05, 4.69) is 6.58 Å². The molecule has 0 spiro atoms. The normalized spacial score (nSPS) is 42.9. The lowest BCUT2D eigenvalue weighted by molar-refractivity contribution is -0.884. The molecule has 3 aliphatic heterocycles. The third kappa shape index (κ3) is 9.36. The summed E-state index contributed by atoms with van der Waals surface area (Å²) >= 11 is 0. The largest absolute Gasteiger partial charge is 0.394 e. The lowest BCUT2D eigenvalue weighted by Gasteiger charge is -2.48. The number of aliphatic hydroxyl groups excluding tert-OH is 8. The van der Waals surface area contributed by atoms with Crippen LogP contribution >= 0.6 is 0 Å². The van der Waals surface area contributed by atoms with Crippen molar-refractivity contribution >= 4 is 0 Å². The van der Waals surface area contributed by atoms with Crippen molar-refractivity contribution in [3.8, 4) is 0 Å². The standard InChI is InChI=1S/C28H52NO16/c1-6-8-29(2,3)9-7-10-40-13-16-25(45-27-21(36)17(32)23(38-4)14(11-30)42-27)19(34)22(37)28(43-16)44-24-15(12-31)41-26(39-5)20(35)18(24)33/h6,14-28,30-37H,1,7-13H2,2-5H3/q+1. The molecule has 0 radical (unpaired) electrons. The molecule has 0 aliphatic carbocycles. The maximum atomic E-state index is 11.2. The molecule has 0 saturated carbocycles. The molecule has 0 aromatic rings. The minimum Gasteiger partial charge on any atom is -0.394 e. The van der Waals surface area contributed by atoms with E-state index in [1.165, 1.54) is 14.2 Å². The maximum absolute atomic E-state index is 11.2. The number of ether oxygens (including phenoxy) is 8. The highest BCUT2D eigenvalue weighted by molar-refractivity contribution is 4.96. The van der Waals surface area contributed by atoms with Crippen molar-refractivity contribution in [2.45, 2.75) is 98.5 Å². The molecule has 3 rings (SSSR count). The van der Waals surface area contributed by atoms with Crippen LogP contribution in [0.25, 0.3) is 0 Å². The Morgan fingerprint density at radius 2 is 1.13 bits per heavy atom. The second-order valence-corrected chi connectivity index (χ2v) is 12.1. The zero-order valence-electron chi connectivity index (χ0n) is 26.2. The van der Waals surface area contributed by atoms with Gasteiger partial charge in [0.2, 0.25) is 0 Å². The third-order valence-corrected chi connectivity index (χ3v) is 8.33. The maximum Gasteiger partial charge on any atom is 0.187 e. The van der Waals surface area contributed by atoms with Crippen LogP contribution in [0.1, 0.15) is 6.42 Å². The molecule has 3 saturated heterocycles. The van der Waals surface area contributed by atoms with Crippen LogP contribution in [0.4, 0.5) is 0 Å². The summed E-state index contributed by atoms with van der Waals surface area (Å²) in [5.74, 6) is 0. The van der Waals surface area contributed by atoms with Crippen molar-refractivity contribution in [2.75, 3.05) is 67.8 Å². The molecule has 264 valence electrons. The van der Waals surface area contributed by atoms with Gasteiger partial charge in [-0.1, -0.05) is 6.58 Å². The predicted molar refractivity (Wildman–Crippen MR) is 151 cm³/mol. The fraction of sp³-hybridized carbons (Fsp3) is 0.929. The van der Waals surface area contributed by atoms with E-state index in [9.17, 15) is 40.9 Å². The molecule has 3 heterocycles. The summed E-state index contributed by atoms with van der Waals surface area (Å²) in [4.78, 5) is 0. The van der Waals surface area contributed by atoms with Crippen molar-refractivity contribution in [2.24, 2.45) is 0 Å². The van der Waals surface area contributed by atoms with E-state index >= 15 is 0 Å². The summed E-state index contributed by atoms with van der Waals surface area (Å²) in [6.07, 6.45) is -19.3. The monoisotopic (exact) mass is 658 g/mol. The van der Waals surface area contributed by atoms with Crippen LogP contribution < -0.4 is 0 Å². The molecule has 0 aromatic heterocycles. The van der Waals surface area contributed by atoms with Gasteiger partial charge in [-0.05, 0) is 6.08 Å². The van der Waals surface area contributed by atoms with Gasteiger partial charge in [-0.3, -0.25) is 0 Å². The molecule has 8 N–H and O–H groups in total. The summed E-state index contributed by atoms with van der Waals surface area (Å²) in [5, 5.41) is 84.2. The number of aliphatic hydroxyl groups is 8. The first-order valence-corrected chi connectivity index (χ1v) is 15.0. The van der Waals surface area contributed by atoms with Crippen molar-refractivity contribution < 1.29 is 83.2 Å². The fourth-order valence-electron chi connectivity index (χ4n) is 5.74. The second-order valence-electron chi connectivity index (χ2n) is 12.1. The lowest BCUT2D eigenvalue weighted by atomic mass is 9.96. The molecule has 0 bridgehead atoms. The lowest BCUT2D eigenvalue weighted by Crippen LogP contribution is -2.66. The van der Waals surface area contributed by atoms with E-state index in [4.69, 9.17) is 37.9 Å². The predicted octanol–water partition coefficient (Wildman–Crippen LogP) is -4.59. The summed E-state index contributed by atoms with van der Waals surface area (Å²) in [6.45, 7) is 4.15. The van der Waals surface area contributed by atoms with Gasteiger partial charge in [-0.25, -0.2) is 0 Å². The smallest absolute Gasteiger partial charge is 0.187 e. The first kappa shape index (κ1) is 38.5. The Labute approximate surface area is 262 Å². The Balaban J connectivity index is 1.77. The van der Waals surface area contributed by atoms with E-state index in [-0.39, 0.29) is 13.2 Å². The second kappa shape index (κ2) is 17.5. The van der Waals surface area contributed by atoms with Crippen molar-refractivity contribution in [3.63, 3.8) is 0 Å². The summed E-state index contributed by atoms with van der Waals surface area (Å²) < 4.78 is 45.4. The minimum absolute atomic E-state index is 0.194. The molecule has 3 aliphatic rings. The molecule has 17 heteroatoms. The molecular formula is C28H52NO16+. The SMILES string of the molecule is C=CC[N+](C)(C)CCCOCC1OC(OC2C(CO)OC(OC)C(O)C2O)C(O)C(O)C1OC1OC(CO)C(OC)C(O)C1O. The quantitative estimate of drug-likeness (QED) is 0.0443. The summed E-state index contributed by atoms with van der Waals surface area (Å²) in [7, 11) is 6.61. The number of methoxy groups -OCH3 is 2. The van der Waals surface area contributed by atoms with Crippen molar-refractivity contribution in [3.05, 3.63) is 12.7 Å². The highest BCUT2D eigenvalue weighted by Gasteiger charge is 2.53. The Morgan fingerprint density at radius 1 is 0.667 bits per heavy atom. The average molecular weight is 659 g/mol. The third-order valence-electron chi connectivity index (χ3n) is 8.33. The van der Waals surface area contributed by atoms with Gasteiger partial charge < -0.3 is 83.2 Å². The Morgan fingerprint density at radius 3 is 1.64 bits per heavy atom. The van der Waals surface area contributed by atoms with Gasteiger partial charge in [0, 0.05) is 20.6 Å². The highest BCUT2D eigenvalue weighted by atomic mass is 16.8. The Hall–Kier alpha value is -0.940. The Bertz CT molecular complexity index is 882. The zero-order valence-corrected chi connectivity index (χ0v) is 26.2. The summed E-state index contributed by atoms with van der Waals surface area (Å²) in [6, 6.07) is 0. The molecular weight excluding hydrogens is 606 g/mol.